The van der Waals surface area contributed by atoms with Gasteiger partial charge in [0.2, 0.25) is 5.91 Å². The summed E-state index contributed by atoms with van der Waals surface area (Å²) < 4.78 is 0. The summed E-state index contributed by atoms with van der Waals surface area (Å²) in [4.78, 5) is 23.7. The summed E-state index contributed by atoms with van der Waals surface area (Å²) in [6.45, 7) is 0. The summed E-state index contributed by atoms with van der Waals surface area (Å²) in [5.41, 5.74) is 3.43. The minimum Gasteiger partial charge on any atom is -0.315 e. The average molecular weight is 217 g/mol. The van der Waals surface area contributed by atoms with Crippen molar-refractivity contribution in [3.8, 4) is 0 Å². The number of hydrogen-bond acceptors (Lipinski definition) is 2. The lowest BCUT2D eigenvalue weighted by Gasteiger charge is -2.27. The quantitative estimate of drug-likeness (QED) is 0.723. The van der Waals surface area contributed by atoms with Gasteiger partial charge in [-0.2, -0.15) is 0 Å². The van der Waals surface area contributed by atoms with Crippen LogP contribution in [0.25, 0.3) is 0 Å². The van der Waals surface area contributed by atoms with Crippen LogP contribution in [0.3, 0.4) is 0 Å². The summed E-state index contributed by atoms with van der Waals surface area (Å²) >= 11 is 0. The predicted molar refractivity (Wildman–Crippen MR) is 62.6 cm³/mol. The number of rotatable bonds is 3. The molecule has 0 fully saturated rings. The van der Waals surface area contributed by atoms with Crippen LogP contribution in [0.4, 0.5) is 5.69 Å². The van der Waals surface area contributed by atoms with Gasteiger partial charge in [-0.15, -0.1) is 0 Å². The fourth-order valence-corrected chi connectivity index (χ4v) is 2.21. The van der Waals surface area contributed by atoms with Gasteiger partial charge in [0.15, 0.2) is 0 Å². The van der Waals surface area contributed by atoms with Crippen molar-refractivity contribution in [2.75, 3.05) is 11.9 Å². The molecule has 1 aromatic rings. The van der Waals surface area contributed by atoms with Gasteiger partial charge in [-0.3, -0.25) is 4.79 Å². The van der Waals surface area contributed by atoms with E-state index < -0.39 is 0 Å². The number of benzene rings is 1. The molecule has 1 aliphatic heterocycles. The van der Waals surface area contributed by atoms with E-state index in [1.54, 1.807) is 4.90 Å². The Morgan fingerprint density at radius 3 is 2.94 bits per heavy atom. The first-order chi connectivity index (χ1) is 7.74. The minimum absolute atomic E-state index is 0.167. The SMILES string of the molecule is CN1C(=O)CCc2c(CCC=O)cccc21. The predicted octanol–water partition coefficient (Wildman–Crippen LogP) is 1.73. The fourth-order valence-electron chi connectivity index (χ4n) is 2.21. The molecule has 1 aliphatic rings. The van der Waals surface area contributed by atoms with Crippen LogP contribution in [0.2, 0.25) is 0 Å². The van der Waals surface area contributed by atoms with Crippen LogP contribution in [-0.4, -0.2) is 19.2 Å². The molecule has 0 aliphatic carbocycles. The average Bonchev–Trinajstić information content (AvgIpc) is 2.31. The Labute approximate surface area is 95.1 Å². The highest BCUT2D eigenvalue weighted by molar-refractivity contribution is 5.96. The molecule has 84 valence electrons. The number of amides is 1. The lowest BCUT2D eigenvalue weighted by molar-refractivity contribution is -0.118. The summed E-state index contributed by atoms with van der Waals surface area (Å²) in [5, 5.41) is 0. The Morgan fingerprint density at radius 1 is 1.38 bits per heavy atom. The van der Waals surface area contributed by atoms with E-state index in [1.807, 2.05) is 25.2 Å². The number of aryl methyl sites for hydroxylation is 1. The van der Waals surface area contributed by atoms with Crippen molar-refractivity contribution < 1.29 is 9.59 Å². The molecule has 0 saturated carbocycles. The topological polar surface area (TPSA) is 37.4 Å². The van der Waals surface area contributed by atoms with Crippen molar-refractivity contribution >= 4 is 17.9 Å². The first-order valence-corrected chi connectivity index (χ1v) is 5.55. The maximum atomic E-state index is 11.6. The van der Waals surface area contributed by atoms with E-state index in [9.17, 15) is 9.59 Å². The van der Waals surface area contributed by atoms with Gasteiger partial charge in [-0.25, -0.2) is 0 Å². The molecule has 0 unspecified atom stereocenters. The first kappa shape index (κ1) is 10.9. The molecule has 0 radical (unpaired) electrons. The van der Waals surface area contributed by atoms with Crippen molar-refractivity contribution in [3.05, 3.63) is 29.3 Å². The van der Waals surface area contributed by atoms with Crippen LogP contribution in [-0.2, 0) is 22.4 Å². The maximum absolute atomic E-state index is 11.6. The van der Waals surface area contributed by atoms with Gasteiger partial charge in [-0.1, -0.05) is 12.1 Å². The van der Waals surface area contributed by atoms with Gasteiger partial charge < -0.3 is 9.69 Å². The Hall–Kier alpha value is -1.64. The zero-order valence-corrected chi connectivity index (χ0v) is 9.40. The van der Waals surface area contributed by atoms with E-state index in [1.165, 1.54) is 11.1 Å². The van der Waals surface area contributed by atoms with Gasteiger partial charge in [0.1, 0.15) is 6.29 Å². The molecule has 3 nitrogen and oxygen atoms in total. The lowest BCUT2D eigenvalue weighted by Crippen LogP contribution is -2.31. The van der Waals surface area contributed by atoms with Crippen molar-refractivity contribution in [1.29, 1.82) is 0 Å². The van der Waals surface area contributed by atoms with Crippen LogP contribution in [0, 0.1) is 0 Å². The maximum Gasteiger partial charge on any atom is 0.227 e. The number of carbonyl (C=O) groups excluding carboxylic acids is 2. The number of hydrogen-bond donors (Lipinski definition) is 0. The molecule has 1 aromatic carbocycles. The number of nitrogens with zero attached hydrogens (tertiary/aromatic N) is 1. The molecule has 0 atom stereocenters. The lowest BCUT2D eigenvalue weighted by atomic mass is 9.94. The molecule has 1 amide bonds. The molecule has 0 spiro atoms. The van der Waals surface area contributed by atoms with Crippen molar-refractivity contribution in [1.82, 2.24) is 0 Å². The number of aldehydes is 1. The molecular weight excluding hydrogens is 202 g/mol. The number of fused-ring (bicyclic) bond motifs is 1. The minimum atomic E-state index is 0.167. The standard InChI is InChI=1S/C13H15NO2/c1-14-12-6-2-4-10(5-3-9-15)11(12)7-8-13(14)16/h2,4,6,9H,3,5,7-8H2,1H3. The zero-order valence-electron chi connectivity index (χ0n) is 9.40. The molecule has 0 bridgehead atoms. The first-order valence-electron chi connectivity index (χ1n) is 5.55. The van der Waals surface area contributed by atoms with Crippen LogP contribution in [0.5, 0.6) is 0 Å². The summed E-state index contributed by atoms with van der Waals surface area (Å²) in [6.07, 6.45) is 3.63. The Balaban J connectivity index is 2.36. The van der Waals surface area contributed by atoms with E-state index in [2.05, 4.69) is 0 Å². The molecule has 0 N–H and O–H groups in total. The number of anilines is 1. The Morgan fingerprint density at radius 2 is 2.19 bits per heavy atom. The molecule has 3 heteroatoms. The van der Waals surface area contributed by atoms with Crippen LogP contribution in [0.1, 0.15) is 24.0 Å². The van der Waals surface area contributed by atoms with E-state index in [4.69, 9.17) is 0 Å². The molecular formula is C13H15NO2. The van der Waals surface area contributed by atoms with Gasteiger partial charge in [0, 0.05) is 25.6 Å². The molecule has 1 heterocycles. The molecule has 2 rings (SSSR count). The normalized spacial score (nSPS) is 14.8. The fraction of sp³-hybridized carbons (Fsp3) is 0.385. The number of carbonyl (C=O) groups is 2. The van der Waals surface area contributed by atoms with Crippen molar-refractivity contribution in [2.24, 2.45) is 0 Å². The third kappa shape index (κ3) is 1.85. The second kappa shape index (κ2) is 4.47. The van der Waals surface area contributed by atoms with Crippen molar-refractivity contribution in [2.45, 2.75) is 25.7 Å². The van der Waals surface area contributed by atoms with E-state index in [-0.39, 0.29) is 5.91 Å². The third-order valence-corrected chi connectivity index (χ3v) is 3.10. The molecule has 0 saturated heterocycles. The summed E-state index contributed by atoms with van der Waals surface area (Å²) in [7, 11) is 1.81. The zero-order chi connectivity index (χ0) is 11.5. The molecule has 16 heavy (non-hydrogen) atoms. The van der Waals surface area contributed by atoms with Gasteiger partial charge in [-0.05, 0) is 30.0 Å². The van der Waals surface area contributed by atoms with Crippen LogP contribution >= 0.6 is 0 Å². The second-order valence-electron chi connectivity index (χ2n) is 4.07. The van der Waals surface area contributed by atoms with Crippen LogP contribution < -0.4 is 4.90 Å². The van der Waals surface area contributed by atoms with Gasteiger partial charge in [0.25, 0.3) is 0 Å². The Bertz CT molecular complexity index is 426. The highest BCUT2D eigenvalue weighted by atomic mass is 16.2. The Kier molecular flexibility index (Phi) is 3.04. The second-order valence-corrected chi connectivity index (χ2v) is 4.07. The van der Waals surface area contributed by atoms with E-state index in [0.29, 0.717) is 12.8 Å². The van der Waals surface area contributed by atoms with Crippen LogP contribution in [0.15, 0.2) is 18.2 Å². The molecule has 0 aromatic heterocycles. The highest BCUT2D eigenvalue weighted by Gasteiger charge is 2.22. The monoisotopic (exact) mass is 217 g/mol. The van der Waals surface area contributed by atoms with E-state index in [0.717, 1.165) is 24.8 Å². The highest BCUT2D eigenvalue weighted by Crippen LogP contribution is 2.29. The van der Waals surface area contributed by atoms with E-state index >= 15 is 0 Å². The largest absolute Gasteiger partial charge is 0.315 e. The third-order valence-electron chi connectivity index (χ3n) is 3.10. The van der Waals surface area contributed by atoms with Gasteiger partial charge >= 0.3 is 0 Å². The summed E-state index contributed by atoms with van der Waals surface area (Å²) in [5.74, 6) is 0.167. The summed E-state index contributed by atoms with van der Waals surface area (Å²) in [6, 6.07) is 5.97. The van der Waals surface area contributed by atoms with Crippen molar-refractivity contribution in [3.63, 3.8) is 0 Å². The smallest absolute Gasteiger partial charge is 0.227 e. The van der Waals surface area contributed by atoms with Gasteiger partial charge in [0.05, 0.1) is 0 Å².